The SMILES string of the molecule is COc1cc(OC)c(OC)cc1CNC(=O)CCC1CCNC1.Cl. The molecule has 1 aromatic rings. The van der Waals surface area contributed by atoms with E-state index in [-0.39, 0.29) is 18.3 Å². The molecule has 2 rings (SSSR count). The van der Waals surface area contributed by atoms with Gasteiger partial charge in [-0.25, -0.2) is 0 Å². The van der Waals surface area contributed by atoms with Gasteiger partial charge < -0.3 is 24.8 Å². The van der Waals surface area contributed by atoms with Crippen molar-refractivity contribution in [3.05, 3.63) is 17.7 Å². The number of methoxy groups -OCH3 is 3. The number of hydrogen-bond donors (Lipinski definition) is 2. The first-order chi connectivity index (χ1) is 11.2. The first kappa shape index (κ1) is 20.4. The number of benzene rings is 1. The Bertz CT molecular complexity index is 534. The van der Waals surface area contributed by atoms with Gasteiger partial charge in [-0.05, 0) is 37.9 Å². The van der Waals surface area contributed by atoms with Gasteiger partial charge in [0, 0.05) is 24.6 Å². The Labute approximate surface area is 149 Å². The Morgan fingerprint density at radius 2 is 1.83 bits per heavy atom. The fraction of sp³-hybridized carbons (Fsp3) is 0.588. The van der Waals surface area contributed by atoms with Crippen LogP contribution in [-0.2, 0) is 11.3 Å². The second-order valence-corrected chi connectivity index (χ2v) is 5.69. The van der Waals surface area contributed by atoms with Crippen LogP contribution in [0.4, 0.5) is 0 Å². The summed E-state index contributed by atoms with van der Waals surface area (Å²) in [5.41, 5.74) is 0.862. The molecule has 1 aromatic carbocycles. The third-order valence-electron chi connectivity index (χ3n) is 4.20. The number of halogens is 1. The monoisotopic (exact) mass is 358 g/mol. The van der Waals surface area contributed by atoms with Crippen LogP contribution < -0.4 is 24.8 Å². The van der Waals surface area contributed by atoms with Crippen LogP contribution >= 0.6 is 12.4 Å². The predicted molar refractivity (Wildman–Crippen MR) is 95.4 cm³/mol. The topological polar surface area (TPSA) is 68.8 Å². The highest BCUT2D eigenvalue weighted by molar-refractivity contribution is 5.85. The number of carbonyl (C=O) groups is 1. The minimum Gasteiger partial charge on any atom is -0.496 e. The molecule has 0 aliphatic carbocycles. The fourth-order valence-electron chi connectivity index (χ4n) is 2.81. The van der Waals surface area contributed by atoms with Gasteiger partial charge >= 0.3 is 0 Å². The fourth-order valence-corrected chi connectivity index (χ4v) is 2.81. The van der Waals surface area contributed by atoms with Crippen LogP contribution in [0, 0.1) is 5.92 Å². The highest BCUT2D eigenvalue weighted by atomic mass is 35.5. The number of nitrogens with one attached hydrogen (secondary N) is 2. The molecule has 2 N–H and O–H groups in total. The van der Waals surface area contributed by atoms with Gasteiger partial charge in [0.25, 0.3) is 0 Å². The minimum absolute atomic E-state index is 0. The zero-order valence-corrected chi connectivity index (χ0v) is 15.3. The molecule has 1 saturated heterocycles. The van der Waals surface area contributed by atoms with Crippen molar-refractivity contribution in [1.29, 1.82) is 0 Å². The Balaban J connectivity index is 0.00000288. The molecule has 0 spiro atoms. The molecular formula is C17H27ClN2O4. The van der Waals surface area contributed by atoms with E-state index in [9.17, 15) is 4.79 Å². The molecule has 24 heavy (non-hydrogen) atoms. The van der Waals surface area contributed by atoms with Crippen LogP contribution in [0.1, 0.15) is 24.8 Å². The number of rotatable bonds is 8. The summed E-state index contributed by atoms with van der Waals surface area (Å²) in [4.78, 5) is 12.0. The van der Waals surface area contributed by atoms with Crippen LogP contribution in [0.5, 0.6) is 17.2 Å². The Morgan fingerprint density at radius 3 is 2.42 bits per heavy atom. The van der Waals surface area contributed by atoms with E-state index in [0.29, 0.717) is 36.1 Å². The van der Waals surface area contributed by atoms with Gasteiger partial charge in [-0.3, -0.25) is 4.79 Å². The van der Waals surface area contributed by atoms with E-state index in [1.165, 1.54) is 0 Å². The second kappa shape index (κ2) is 10.3. The molecule has 1 heterocycles. The van der Waals surface area contributed by atoms with Crippen molar-refractivity contribution in [2.75, 3.05) is 34.4 Å². The smallest absolute Gasteiger partial charge is 0.220 e. The molecule has 0 saturated carbocycles. The van der Waals surface area contributed by atoms with Gasteiger partial charge in [-0.2, -0.15) is 0 Å². The lowest BCUT2D eigenvalue weighted by atomic mass is 10.0. The van der Waals surface area contributed by atoms with Crippen molar-refractivity contribution < 1.29 is 19.0 Å². The highest BCUT2D eigenvalue weighted by Gasteiger charge is 2.16. The zero-order valence-electron chi connectivity index (χ0n) is 14.5. The van der Waals surface area contributed by atoms with Crippen LogP contribution in [0.15, 0.2) is 12.1 Å². The average Bonchev–Trinajstić information content (AvgIpc) is 3.10. The van der Waals surface area contributed by atoms with Crippen LogP contribution in [-0.4, -0.2) is 40.3 Å². The van der Waals surface area contributed by atoms with Gasteiger partial charge in [-0.1, -0.05) is 0 Å². The van der Waals surface area contributed by atoms with E-state index in [2.05, 4.69) is 10.6 Å². The first-order valence-electron chi connectivity index (χ1n) is 7.94. The molecule has 136 valence electrons. The van der Waals surface area contributed by atoms with E-state index >= 15 is 0 Å². The lowest BCUT2D eigenvalue weighted by molar-refractivity contribution is -0.121. The molecule has 1 unspecified atom stereocenters. The number of amides is 1. The number of ether oxygens (including phenoxy) is 3. The van der Waals surface area contributed by atoms with E-state index in [0.717, 1.165) is 31.5 Å². The maximum absolute atomic E-state index is 12.0. The summed E-state index contributed by atoms with van der Waals surface area (Å²) >= 11 is 0. The van der Waals surface area contributed by atoms with Crippen LogP contribution in [0.2, 0.25) is 0 Å². The van der Waals surface area contributed by atoms with E-state index in [1.54, 1.807) is 27.4 Å². The van der Waals surface area contributed by atoms with E-state index in [1.807, 2.05) is 6.07 Å². The maximum atomic E-state index is 12.0. The molecule has 0 radical (unpaired) electrons. The molecule has 6 nitrogen and oxygen atoms in total. The van der Waals surface area contributed by atoms with Gasteiger partial charge in [0.05, 0.1) is 21.3 Å². The number of hydrogen-bond acceptors (Lipinski definition) is 5. The average molecular weight is 359 g/mol. The summed E-state index contributed by atoms with van der Waals surface area (Å²) in [6, 6.07) is 3.60. The minimum atomic E-state index is 0. The molecule has 0 bridgehead atoms. The Morgan fingerprint density at radius 1 is 1.17 bits per heavy atom. The maximum Gasteiger partial charge on any atom is 0.220 e. The lowest BCUT2D eigenvalue weighted by Crippen LogP contribution is -2.23. The predicted octanol–water partition coefficient (Wildman–Crippen LogP) is 2.14. The van der Waals surface area contributed by atoms with Crippen molar-refractivity contribution in [3.63, 3.8) is 0 Å². The summed E-state index contributed by atoms with van der Waals surface area (Å²) < 4.78 is 15.9. The van der Waals surface area contributed by atoms with Gasteiger partial charge in [0.1, 0.15) is 5.75 Å². The van der Waals surface area contributed by atoms with E-state index in [4.69, 9.17) is 14.2 Å². The summed E-state index contributed by atoms with van der Waals surface area (Å²) in [6.45, 7) is 2.50. The summed E-state index contributed by atoms with van der Waals surface area (Å²) in [6.07, 6.45) is 2.65. The van der Waals surface area contributed by atoms with Crippen LogP contribution in [0.3, 0.4) is 0 Å². The summed E-state index contributed by atoms with van der Waals surface area (Å²) in [5, 5.41) is 6.27. The Hall–Kier alpha value is -1.66. The molecule has 1 atom stereocenters. The third-order valence-corrected chi connectivity index (χ3v) is 4.20. The zero-order chi connectivity index (χ0) is 16.7. The van der Waals surface area contributed by atoms with Crippen molar-refractivity contribution in [3.8, 4) is 17.2 Å². The molecule has 1 amide bonds. The van der Waals surface area contributed by atoms with Gasteiger partial charge in [0.2, 0.25) is 5.91 Å². The highest BCUT2D eigenvalue weighted by Crippen LogP contribution is 2.34. The largest absolute Gasteiger partial charge is 0.496 e. The van der Waals surface area contributed by atoms with Gasteiger partial charge in [0.15, 0.2) is 11.5 Å². The number of carbonyl (C=O) groups excluding carboxylic acids is 1. The van der Waals surface area contributed by atoms with Crippen LogP contribution in [0.25, 0.3) is 0 Å². The van der Waals surface area contributed by atoms with Crippen molar-refractivity contribution >= 4 is 18.3 Å². The molecule has 1 aliphatic rings. The molecule has 0 aromatic heterocycles. The van der Waals surface area contributed by atoms with Crippen molar-refractivity contribution in [2.45, 2.75) is 25.8 Å². The first-order valence-corrected chi connectivity index (χ1v) is 7.94. The third kappa shape index (κ3) is 5.46. The second-order valence-electron chi connectivity index (χ2n) is 5.69. The molecule has 1 aliphatic heterocycles. The molecule has 7 heteroatoms. The summed E-state index contributed by atoms with van der Waals surface area (Å²) in [7, 11) is 4.76. The quantitative estimate of drug-likeness (QED) is 0.745. The molecule has 1 fully saturated rings. The van der Waals surface area contributed by atoms with Crippen molar-refractivity contribution in [1.82, 2.24) is 10.6 Å². The Kier molecular flexibility index (Phi) is 8.71. The van der Waals surface area contributed by atoms with E-state index < -0.39 is 0 Å². The van der Waals surface area contributed by atoms with Gasteiger partial charge in [-0.15, -0.1) is 12.4 Å². The standard InChI is InChI=1S/C17H26N2O4.ClH/c1-21-14-9-16(23-3)15(22-2)8-13(14)11-19-17(20)5-4-12-6-7-18-10-12;/h8-9,12,18H,4-7,10-11H2,1-3H3,(H,19,20);1H. The van der Waals surface area contributed by atoms with Crippen molar-refractivity contribution in [2.24, 2.45) is 5.92 Å². The summed E-state index contributed by atoms with van der Waals surface area (Å²) in [5.74, 6) is 2.58. The lowest BCUT2D eigenvalue weighted by Gasteiger charge is -2.15. The normalized spacial score (nSPS) is 16.2. The molecular weight excluding hydrogens is 332 g/mol.